The topological polar surface area (TPSA) is 156 Å². The van der Waals surface area contributed by atoms with Gasteiger partial charge in [-0.3, -0.25) is 10.8 Å². The fraction of sp³-hybridized carbons (Fsp3) is 0.526. The summed E-state index contributed by atoms with van der Waals surface area (Å²) in [7, 11) is -3.95. The molecule has 0 amide bonds. The Balaban J connectivity index is 2.41. The number of rotatable bonds is 8. The second-order valence-corrected chi connectivity index (χ2v) is 9.29. The van der Waals surface area contributed by atoms with Crippen molar-refractivity contribution in [2.75, 3.05) is 12.0 Å². The Bertz CT molecular complexity index is 899. The smallest absolute Gasteiger partial charge is 0.245 e. The molecule has 1 atom stereocenters. The summed E-state index contributed by atoms with van der Waals surface area (Å²) in [5.41, 5.74) is 7.65. The third-order valence-electron chi connectivity index (χ3n) is 4.96. The van der Waals surface area contributed by atoms with Crippen molar-refractivity contribution < 1.29 is 13.5 Å². The van der Waals surface area contributed by atoms with Crippen molar-refractivity contribution in [2.24, 2.45) is 16.8 Å². The molecule has 1 aliphatic rings. The fourth-order valence-electron chi connectivity index (χ4n) is 3.41. The molecule has 1 fully saturated rings. The van der Waals surface area contributed by atoms with E-state index in [-0.39, 0.29) is 28.9 Å². The third kappa shape index (κ3) is 5.76. The number of benzene rings is 1. The first-order valence-corrected chi connectivity index (χ1v) is 11.0. The van der Waals surface area contributed by atoms with E-state index in [2.05, 4.69) is 17.5 Å². The van der Waals surface area contributed by atoms with Gasteiger partial charge in [-0.1, -0.05) is 19.1 Å². The number of hydrogen-bond donors (Lipinski definition) is 4. The Morgan fingerprint density at radius 2 is 2.03 bits per heavy atom. The summed E-state index contributed by atoms with van der Waals surface area (Å²) in [5, 5.41) is 30.0. The number of nitriles is 1. The number of anilines is 1. The molecule has 0 saturated heterocycles. The highest BCUT2D eigenvalue weighted by Crippen LogP contribution is 2.33. The molecule has 2 rings (SSSR count). The van der Waals surface area contributed by atoms with E-state index in [4.69, 9.17) is 16.4 Å². The number of hydrazone groups is 1. The SMILES string of the molecule is CC(O)CN(C1CCC(C)CC1)S(=O)(=O)c1ccccc1N/N=C(\C#N)C(=N)N. The summed E-state index contributed by atoms with van der Waals surface area (Å²) in [4.78, 5) is -0.0103. The van der Waals surface area contributed by atoms with Gasteiger partial charge in [-0.15, -0.1) is 0 Å². The minimum Gasteiger partial charge on any atom is -0.392 e. The molecule has 158 valence electrons. The summed E-state index contributed by atoms with van der Waals surface area (Å²) in [6.07, 6.45) is 2.54. The van der Waals surface area contributed by atoms with Gasteiger partial charge in [0.2, 0.25) is 15.7 Å². The number of hydrogen-bond acceptors (Lipinski definition) is 7. The summed E-state index contributed by atoms with van der Waals surface area (Å²) >= 11 is 0. The van der Waals surface area contributed by atoms with Crippen LogP contribution in [0.5, 0.6) is 0 Å². The number of nitrogens with two attached hydrogens (primary N) is 1. The number of aliphatic hydroxyl groups excluding tert-OH is 1. The van der Waals surface area contributed by atoms with Crippen molar-refractivity contribution in [1.82, 2.24) is 4.31 Å². The lowest BCUT2D eigenvalue weighted by Gasteiger charge is -2.36. The van der Waals surface area contributed by atoms with Gasteiger partial charge < -0.3 is 10.8 Å². The van der Waals surface area contributed by atoms with Gasteiger partial charge in [-0.2, -0.15) is 14.7 Å². The first kappa shape index (κ1) is 22.8. The molecule has 10 heteroatoms. The Morgan fingerprint density at radius 1 is 1.41 bits per heavy atom. The summed E-state index contributed by atoms with van der Waals surface area (Å²) in [6.45, 7) is 3.72. The molecular formula is C19H28N6O3S. The Labute approximate surface area is 171 Å². The average Bonchev–Trinajstić information content (AvgIpc) is 2.67. The van der Waals surface area contributed by atoms with Crippen LogP contribution in [0, 0.1) is 22.7 Å². The van der Waals surface area contributed by atoms with E-state index in [1.807, 2.05) is 0 Å². The minimum absolute atomic E-state index is 0.00409. The van der Waals surface area contributed by atoms with Crippen LogP contribution < -0.4 is 11.2 Å². The molecule has 0 heterocycles. The molecule has 0 radical (unpaired) electrons. The van der Waals surface area contributed by atoms with E-state index in [0.29, 0.717) is 5.92 Å². The van der Waals surface area contributed by atoms with Gasteiger partial charge >= 0.3 is 0 Å². The van der Waals surface area contributed by atoms with Crippen LogP contribution in [0.2, 0.25) is 0 Å². The first-order valence-electron chi connectivity index (χ1n) is 9.54. The summed E-state index contributed by atoms with van der Waals surface area (Å²) in [6, 6.07) is 7.70. The zero-order valence-corrected chi connectivity index (χ0v) is 17.5. The number of sulfonamides is 1. The molecule has 1 saturated carbocycles. The average molecular weight is 421 g/mol. The highest BCUT2D eigenvalue weighted by molar-refractivity contribution is 7.89. The van der Waals surface area contributed by atoms with E-state index in [0.717, 1.165) is 25.7 Å². The van der Waals surface area contributed by atoms with Crippen LogP contribution in [-0.2, 0) is 10.0 Å². The molecule has 1 aliphatic carbocycles. The zero-order valence-electron chi connectivity index (χ0n) is 16.7. The summed E-state index contributed by atoms with van der Waals surface area (Å²) in [5.74, 6) is 0.0361. The van der Waals surface area contributed by atoms with Gasteiger partial charge in [0.15, 0.2) is 5.84 Å². The van der Waals surface area contributed by atoms with Crippen molar-refractivity contribution in [3.05, 3.63) is 24.3 Å². The zero-order chi connectivity index (χ0) is 21.6. The van der Waals surface area contributed by atoms with Crippen molar-refractivity contribution in [3.63, 3.8) is 0 Å². The number of aliphatic hydroxyl groups is 1. The molecule has 1 unspecified atom stereocenters. The van der Waals surface area contributed by atoms with Gasteiger partial charge in [-0.25, -0.2) is 8.42 Å². The van der Waals surface area contributed by atoms with Crippen molar-refractivity contribution in [2.45, 2.75) is 56.6 Å². The molecule has 29 heavy (non-hydrogen) atoms. The molecule has 1 aromatic carbocycles. The number of nitrogens with one attached hydrogen (secondary N) is 2. The molecule has 0 spiro atoms. The van der Waals surface area contributed by atoms with Crippen LogP contribution in [0.4, 0.5) is 5.69 Å². The van der Waals surface area contributed by atoms with Gasteiger partial charge in [0, 0.05) is 12.6 Å². The largest absolute Gasteiger partial charge is 0.392 e. The quantitative estimate of drug-likeness (QED) is 0.286. The van der Waals surface area contributed by atoms with Crippen LogP contribution in [-0.4, -0.2) is 48.1 Å². The van der Waals surface area contributed by atoms with E-state index >= 15 is 0 Å². The minimum atomic E-state index is -3.95. The molecule has 0 aromatic heterocycles. The van der Waals surface area contributed by atoms with Crippen molar-refractivity contribution in [3.8, 4) is 6.07 Å². The lowest BCUT2D eigenvalue weighted by Crippen LogP contribution is -2.45. The monoisotopic (exact) mass is 420 g/mol. The Kier molecular flexibility index (Phi) is 7.73. The Hall–Kier alpha value is -2.48. The second-order valence-electron chi connectivity index (χ2n) is 7.43. The number of amidine groups is 1. The molecule has 9 nitrogen and oxygen atoms in total. The number of para-hydroxylation sites is 1. The van der Waals surface area contributed by atoms with Crippen LogP contribution >= 0.6 is 0 Å². The molecule has 1 aromatic rings. The third-order valence-corrected chi connectivity index (χ3v) is 6.94. The van der Waals surface area contributed by atoms with Gasteiger partial charge in [-0.05, 0) is 50.7 Å². The van der Waals surface area contributed by atoms with E-state index in [1.54, 1.807) is 25.1 Å². The first-order chi connectivity index (χ1) is 13.7. The lowest BCUT2D eigenvalue weighted by atomic mass is 9.87. The normalized spacial score (nSPS) is 21.4. The number of nitrogens with zero attached hydrogens (tertiary/aromatic N) is 3. The predicted molar refractivity (Wildman–Crippen MR) is 112 cm³/mol. The maximum atomic E-state index is 13.5. The highest BCUT2D eigenvalue weighted by atomic mass is 32.2. The van der Waals surface area contributed by atoms with Gasteiger partial charge in [0.25, 0.3) is 0 Å². The van der Waals surface area contributed by atoms with E-state index in [9.17, 15) is 13.5 Å². The summed E-state index contributed by atoms with van der Waals surface area (Å²) < 4.78 is 28.4. The molecule has 0 aliphatic heterocycles. The standard InChI is InChI=1S/C19H28N6O3S/c1-13-7-9-15(10-8-13)25(12-14(2)26)29(27,28)18-6-4-3-5-16(18)23-24-17(11-20)19(21)22/h3-6,13-15,23,26H,7-10,12H2,1-2H3,(H3,21,22)/b24-17+. The predicted octanol–water partition coefficient (Wildman–Crippen LogP) is 1.86. The molecular weight excluding hydrogens is 392 g/mol. The van der Waals surface area contributed by atoms with E-state index in [1.165, 1.54) is 16.4 Å². The van der Waals surface area contributed by atoms with Crippen LogP contribution in [0.3, 0.4) is 0 Å². The van der Waals surface area contributed by atoms with Gasteiger partial charge in [0.1, 0.15) is 11.0 Å². The second kappa shape index (κ2) is 9.82. The fourth-order valence-corrected chi connectivity index (χ4v) is 5.32. The van der Waals surface area contributed by atoms with Crippen molar-refractivity contribution in [1.29, 1.82) is 10.7 Å². The van der Waals surface area contributed by atoms with Gasteiger partial charge in [0.05, 0.1) is 11.8 Å². The Morgan fingerprint density at radius 3 is 2.59 bits per heavy atom. The maximum absolute atomic E-state index is 13.5. The lowest BCUT2D eigenvalue weighted by molar-refractivity contribution is 0.130. The maximum Gasteiger partial charge on any atom is 0.245 e. The molecule has 5 N–H and O–H groups in total. The van der Waals surface area contributed by atoms with E-state index < -0.39 is 22.0 Å². The highest BCUT2D eigenvalue weighted by Gasteiger charge is 2.35. The van der Waals surface area contributed by atoms with Crippen LogP contribution in [0.15, 0.2) is 34.3 Å². The van der Waals surface area contributed by atoms with Crippen molar-refractivity contribution >= 4 is 27.3 Å². The van der Waals surface area contributed by atoms with Crippen LogP contribution in [0.25, 0.3) is 0 Å². The molecule has 0 bridgehead atoms. The van der Waals surface area contributed by atoms with Crippen LogP contribution in [0.1, 0.15) is 39.5 Å².